The smallest absolute Gasteiger partial charge is 0.338 e. The van der Waals surface area contributed by atoms with E-state index < -0.39 is 0 Å². The molecule has 0 bridgehead atoms. The number of hydrogen-bond acceptors (Lipinski definition) is 5. The predicted molar refractivity (Wildman–Crippen MR) is 73.5 cm³/mol. The first-order valence-corrected chi connectivity index (χ1v) is 7.04. The first-order chi connectivity index (χ1) is 9.18. The summed E-state index contributed by atoms with van der Waals surface area (Å²) >= 11 is 0. The minimum atomic E-state index is 0.362. The third-order valence-corrected chi connectivity index (χ3v) is 3.42. The van der Waals surface area contributed by atoms with Crippen LogP contribution >= 0.6 is 0 Å². The van der Waals surface area contributed by atoms with Crippen LogP contribution in [0.2, 0.25) is 0 Å². The fraction of sp³-hybridized carbons (Fsp3) is 0.769. The fourth-order valence-corrected chi connectivity index (χ4v) is 2.37. The summed E-state index contributed by atoms with van der Waals surface area (Å²) in [6.07, 6.45) is 3.70. The minimum Gasteiger partial charge on any atom is -0.463 e. The lowest BCUT2D eigenvalue weighted by Crippen LogP contribution is -2.50. The van der Waals surface area contributed by atoms with E-state index in [0.29, 0.717) is 25.2 Å². The third-order valence-electron chi connectivity index (χ3n) is 3.42. The SMILES string of the molecule is CCOc1nc(OCC)nc([N+]2(C)CCCCC2)n1. The Hall–Kier alpha value is -1.43. The van der Waals surface area contributed by atoms with Crippen LogP contribution in [0.15, 0.2) is 0 Å². The summed E-state index contributed by atoms with van der Waals surface area (Å²) in [7, 11) is 2.17. The summed E-state index contributed by atoms with van der Waals surface area (Å²) in [5.41, 5.74) is 0. The van der Waals surface area contributed by atoms with Gasteiger partial charge in [0.1, 0.15) is 0 Å². The van der Waals surface area contributed by atoms with Crippen molar-refractivity contribution in [3.63, 3.8) is 0 Å². The third kappa shape index (κ3) is 3.32. The van der Waals surface area contributed by atoms with Gasteiger partial charge in [-0.25, -0.2) is 0 Å². The number of hydrogen-bond donors (Lipinski definition) is 0. The van der Waals surface area contributed by atoms with Gasteiger partial charge >= 0.3 is 18.0 Å². The zero-order valence-electron chi connectivity index (χ0n) is 12.1. The van der Waals surface area contributed by atoms with Crippen molar-refractivity contribution in [3.8, 4) is 12.0 Å². The highest BCUT2D eigenvalue weighted by atomic mass is 16.5. The molecule has 2 heterocycles. The van der Waals surface area contributed by atoms with Gasteiger partial charge in [-0.05, 0) is 33.1 Å². The number of aromatic nitrogens is 3. The molecule has 0 amide bonds. The molecule has 0 N–H and O–H groups in total. The van der Waals surface area contributed by atoms with Gasteiger partial charge in [-0.3, -0.25) is 4.48 Å². The molecule has 19 heavy (non-hydrogen) atoms. The molecule has 0 spiro atoms. The Bertz CT molecular complexity index is 395. The van der Waals surface area contributed by atoms with Gasteiger partial charge in [0.2, 0.25) is 0 Å². The molecule has 0 aliphatic carbocycles. The zero-order valence-corrected chi connectivity index (χ0v) is 12.1. The lowest BCUT2D eigenvalue weighted by molar-refractivity contribution is 0.239. The summed E-state index contributed by atoms with van der Waals surface area (Å²) in [5, 5.41) is 0. The van der Waals surface area contributed by atoms with Crippen molar-refractivity contribution in [3.05, 3.63) is 0 Å². The lowest BCUT2D eigenvalue weighted by atomic mass is 10.1. The average molecular weight is 267 g/mol. The van der Waals surface area contributed by atoms with E-state index in [0.717, 1.165) is 23.5 Å². The minimum absolute atomic E-state index is 0.362. The van der Waals surface area contributed by atoms with Crippen LogP contribution in [0, 0.1) is 0 Å². The number of likely N-dealkylation sites (tertiary alicyclic amines) is 1. The molecule has 6 heteroatoms. The number of quaternary nitrogens is 1. The second kappa shape index (κ2) is 6.14. The van der Waals surface area contributed by atoms with Crippen LogP contribution in [0.1, 0.15) is 33.1 Å². The first kappa shape index (κ1) is 14.0. The van der Waals surface area contributed by atoms with Gasteiger partial charge < -0.3 is 9.47 Å². The molecule has 0 aromatic carbocycles. The maximum atomic E-state index is 5.42. The van der Waals surface area contributed by atoms with Gasteiger partial charge in [0, 0.05) is 0 Å². The highest BCUT2D eigenvalue weighted by molar-refractivity contribution is 5.28. The van der Waals surface area contributed by atoms with E-state index in [1.165, 1.54) is 19.3 Å². The Kier molecular flexibility index (Phi) is 4.52. The molecule has 1 saturated heterocycles. The van der Waals surface area contributed by atoms with Crippen LogP contribution < -0.4 is 14.0 Å². The molecule has 0 radical (unpaired) electrons. The van der Waals surface area contributed by atoms with E-state index in [1.807, 2.05) is 13.8 Å². The maximum Gasteiger partial charge on any atom is 0.338 e. The molecular weight excluding hydrogens is 244 g/mol. The molecule has 0 unspecified atom stereocenters. The van der Waals surface area contributed by atoms with Crippen LogP contribution in [0.3, 0.4) is 0 Å². The molecule has 106 valence electrons. The largest absolute Gasteiger partial charge is 0.463 e. The molecule has 1 aliphatic heterocycles. The Balaban J connectivity index is 2.31. The van der Waals surface area contributed by atoms with E-state index in [9.17, 15) is 0 Å². The quantitative estimate of drug-likeness (QED) is 0.761. The van der Waals surface area contributed by atoms with E-state index in [4.69, 9.17) is 9.47 Å². The van der Waals surface area contributed by atoms with Crippen LogP contribution in [-0.4, -0.2) is 48.3 Å². The summed E-state index contributed by atoms with van der Waals surface area (Å²) in [6.45, 7) is 7.03. The Morgan fingerprint density at radius 1 is 0.895 bits per heavy atom. The van der Waals surface area contributed by atoms with Gasteiger partial charge in [-0.2, -0.15) is 0 Å². The summed E-state index contributed by atoms with van der Waals surface area (Å²) in [6, 6.07) is 0.724. The number of ether oxygens (including phenoxy) is 2. The van der Waals surface area contributed by atoms with E-state index >= 15 is 0 Å². The van der Waals surface area contributed by atoms with Crippen molar-refractivity contribution in [2.45, 2.75) is 33.1 Å². The van der Waals surface area contributed by atoms with Gasteiger partial charge in [0.05, 0.1) is 33.4 Å². The second-order valence-corrected chi connectivity index (χ2v) is 4.97. The fourth-order valence-electron chi connectivity index (χ4n) is 2.37. The van der Waals surface area contributed by atoms with Crippen molar-refractivity contribution >= 4 is 5.95 Å². The molecule has 1 aromatic rings. The zero-order chi connectivity index (χ0) is 13.7. The summed E-state index contributed by atoms with van der Waals surface area (Å²) < 4.78 is 11.6. The van der Waals surface area contributed by atoms with Crippen molar-refractivity contribution in [1.82, 2.24) is 19.4 Å². The molecule has 2 rings (SSSR count). The van der Waals surface area contributed by atoms with Gasteiger partial charge in [-0.15, -0.1) is 15.0 Å². The molecular formula is C13H23N4O2+. The Labute approximate surface area is 114 Å². The predicted octanol–water partition coefficient (Wildman–Crippen LogP) is 1.79. The van der Waals surface area contributed by atoms with Crippen molar-refractivity contribution in [2.75, 3.05) is 33.4 Å². The Morgan fingerprint density at radius 3 is 1.89 bits per heavy atom. The van der Waals surface area contributed by atoms with Crippen molar-refractivity contribution in [2.24, 2.45) is 0 Å². The second-order valence-electron chi connectivity index (χ2n) is 4.97. The molecule has 1 aromatic heterocycles. The van der Waals surface area contributed by atoms with Crippen LogP contribution in [0.5, 0.6) is 12.0 Å². The normalized spacial score (nSPS) is 18.1. The molecule has 0 saturated carbocycles. The molecule has 6 nitrogen and oxygen atoms in total. The number of rotatable bonds is 5. The number of nitrogens with zero attached hydrogens (tertiary/aromatic N) is 4. The average Bonchev–Trinajstić information content (AvgIpc) is 2.40. The Morgan fingerprint density at radius 2 is 1.42 bits per heavy atom. The number of piperidine rings is 1. The molecule has 1 fully saturated rings. The van der Waals surface area contributed by atoms with Gasteiger partial charge in [-0.1, -0.05) is 0 Å². The molecule has 1 aliphatic rings. The van der Waals surface area contributed by atoms with Crippen LogP contribution in [0.25, 0.3) is 0 Å². The van der Waals surface area contributed by atoms with E-state index in [1.54, 1.807) is 0 Å². The topological polar surface area (TPSA) is 57.1 Å². The highest BCUT2D eigenvalue weighted by Crippen LogP contribution is 2.25. The van der Waals surface area contributed by atoms with Gasteiger partial charge in [0.15, 0.2) is 0 Å². The monoisotopic (exact) mass is 267 g/mol. The van der Waals surface area contributed by atoms with Crippen molar-refractivity contribution in [1.29, 1.82) is 0 Å². The van der Waals surface area contributed by atoms with Gasteiger partial charge in [0.25, 0.3) is 0 Å². The highest BCUT2D eigenvalue weighted by Gasteiger charge is 2.32. The van der Waals surface area contributed by atoms with Crippen LogP contribution in [-0.2, 0) is 0 Å². The lowest BCUT2D eigenvalue weighted by Gasteiger charge is -2.34. The molecule has 0 atom stereocenters. The summed E-state index contributed by atoms with van der Waals surface area (Å²) in [5.74, 6) is 0.751. The van der Waals surface area contributed by atoms with E-state index in [-0.39, 0.29) is 0 Å². The standard InChI is InChI=1S/C13H23N4O2/c1-4-18-12-14-11(15-13(16-12)19-5-2)17(3)9-7-6-8-10-17/h4-10H2,1-3H3/q+1. The maximum absolute atomic E-state index is 5.42. The van der Waals surface area contributed by atoms with Crippen LogP contribution in [0.4, 0.5) is 5.95 Å². The van der Waals surface area contributed by atoms with Crippen molar-refractivity contribution < 1.29 is 9.47 Å². The first-order valence-electron chi connectivity index (χ1n) is 7.04. The van der Waals surface area contributed by atoms with E-state index in [2.05, 4.69) is 22.0 Å². The summed E-state index contributed by atoms with van der Waals surface area (Å²) in [4.78, 5) is 13.1.